The summed E-state index contributed by atoms with van der Waals surface area (Å²) in [6, 6.07) is 10.5. The highest BCUT2D eigenvalue weighted by atomic mass is 16.5. The van der Waals surface area contributed by atoms with Gasteiger partial charge in [0, 0.05) is 25.7 Å². The average Bonchev–Trinajstić information content (AvgIpc) is 2.60. The molecule has 0 saturated carbocycles. The van der Waals surface area contributed by atoms with Crippen LogP contribution in [0.3, 0.4) is 0 Å². The molecule has 0 radical (unpaired) electrons. The fourth-order valence-corrected chi connectivity index (χ4v) is 3.45. The highest BCUT2D eigenvalue weighted by Crippen LogP contribution is 2.20. The maximum absolute atomic E-state index is 12.7. The van der Waals surface area contributed by atoms with Gasteiger partial charge in [0.05, 0.1) is 19.1 Å². The molecule has 24 heavy (non-hydrogen) atoms. The van der Waals surface area contributed by atoms with Crippen molar-refractivity contribution in [2.24, 2.45) is 5.92 Å². The lowest BCUT2D eigenvalue weighted by Gasteiger charge is -2.35. The Morgan fingerprint density at radius 2 is 1.88 bits per heavy atom. The average molecular weight is 332 g/mol. The lowest BCUT2D eigenvalue weighted by atomic mass is 9.95. The molecule has 1 fully saturated rings. The van der Waals surface area contributed by atoms with Gasteiger partial charge in [-0.2, -0.15) is 0 Å². The van der Waals surface area contributed by atoms with Crippen LogP contribution in [0.25, 0.3) is 0 Å². The third-order valence-corrected chi connectivity index (χ3v) is 4.74. The number of hydrogen-bond donors (Lipinski definition) is 1. The Bertz CT molecular complexity index is 484. The standard InChI is InChI=1S/C20H32N2O2/c1-4-19(17-8-6-5-7-9-17)20(23)21-15-18(14-16(2)3)22-10-12-24-13-11-22/h5-9,16,18-19H,4,10-15H2,1-3H3,(H,21,23). The first-order chi connectivity index (χ1) is 11.6. The summed E-state index contributed by atoms with van der Waals surface area (Å²) in [5.74, 6) is 0.701. The van der Waals surface area contributed by atoms with Crippen LogP contribution in [-0.2, 0) is 9.53 Å². The van der Waals surface area contributed by atoms with Gasteiger partial charge in [-0.3, -0.25) is 9.69 Å². The second-order valence-corrected chi connectivity index (χ2v) is 7.05. The van der Waals surface area contributed by atoms with Gasteiger partial charge in [0.2, 0.25) is 5.91 Å². The normalized spacial score (nSPS) is 18.3. The van der Waals surface area contributed by atoms with Crippen LogP contribution in [0.15, 0.2) is 30.3 Å². The van der Waals surface area contributed by atoms with E-state index >= 15 is 0 Å². The molecule has 0 aliphatic carbocycles. The number of nitrogens with one attached hydrogen (secondary N) is 1. The van der Waals surface area contributed by atoms with Crippen molar-refractivity contribution in [3.8, 4) is 0 Å². The Balaban J connectivity index is 1.95. The molecule has 0 aromatic heterocycles. The van der Waals surface area contributed by atoms with E-state index in [9.17, 15) is 4.79 Å². The number of hydrogen-bond acceptors (Lipinski definition) is 3. The van der Waals surface area contributed by atoms with Gasteiger partial charge >= 0.3 is 0 Å². The molecule has 1 N–H and O–H groups in total. The number of benzene rings is 1. The number of amides is 1. The molecule has 4 heteroatoms. The van der Waals surface area contributed by atoms with Crippen LogP contribution in [-0.4, -0.2) is 49.7 Å². The molecule has 0 bridgehead atoms. The molecule has 2 atom stereocenters. The van der Waals surface area contributed by atoms with Gasteiger partial charge in [-0.25, -0.2) is 0 Å². The zero-order valence-corrected chi connectivity index (χ0v) is 15.3. The SMILES string of the molecule is CCC(C(=O)NCC(CC(C)C)N1CCOCC1)c1ccccc1. The van der Waals surface area contributed by atoms with Crippen molar-refractivity contribution in [3.05, 3.63) is 35.9 Å². The molecule has 4 nitrogen and oxygen atoms in total. The molecular formula is C20H32N2O2. The summed E-state index contributed by atoms with van der Waals surface area (Å²) in [6.07, 6.45) is 1.92. The summed E-state index contributed by atoms with van der Waals surface area (Å²) in [7, 11) is 0. The fraction of sp³-hybridized carbons (Fsp3) is 0.650. The zero-order valence-electron chi connectivity index (χ0n) is 15.3. The van der Waals surface area contributed by atoms with Gasteiger partial charge < -0.3 is 10.1 Å². The molecule has 1 aliphatic heterocycles. The lowest BCUT2D eigenvalue weighted by Crippen LogP contribution is -2.49. The molecule has 1 saturated heterocycles. The molecule has 1 aromatic carbocycles. The number of morpholine rings is 1. The number of carbonyl (C=O) groups is 1. The maximum atomic E-state index is 12.7. The largest absolute Gasteiger partial charge is 0.379 e. The minimum atomic E-state index is -0.0596. The number of ether oxygens (including phenoxy) is 1. The highest BCUT2D eigenvalue weighted by molar-refractivity contribution is 5.83. The van der Waals surface area contributed by atoms with Crippen LogP contribution in [0.4, 0.5) is 0 Å². The van der Waals surface area contributed by atoms with Crippen molar-refractivity contribution in [3.63, 3.8) is 0 Å². The van der Waals surface area contributed by atoms with E-state index in [0.717, 1.165) is 51.3 Å². The number of carbonyl (C=O) groups excluding carboxylic acids is 1. The van der Waals surface area contributed by atoms with Gasteiger partial charge in [-0.15, -0.1) is 0 Å². The van der Waals surface area contributed by atoms with E-state index in [1.54, 1.807) is 0 Å². The summed E-state index contributed by atoms with van der Waals surface area (Å²) in [6.45, 7) is 10.8. The van der Waals surface area contributed by atoms with Crippen LogP contribution >= 0.6 is 0 Å². The summed E-state index contributed by atoms with van der Waals surface area (Å²) in [4.78, 5) is 15.2. The first-order valence-corrected chi connectivity index (χ1v) is 9.26. The molecule has 2 rings (SSSR count). The maximum Gasteiger partial charge on any atom is 0.227 e. The Hall–Kier alpha value is -1.39. The van der Waals surface area contributed by atoms with Crippen LogP contribution in [0.5, 0.6) is 0 Å². The first-order valence-electron chi connectivity index (χ1n) is 9.26. The topological polar surface area (TPSA) is 41.6 Å². The van der Waals surface area contributed by atoms with E-state index in [1.807, 2.05) is 30.3 Å². The molecule has 1 aromatic rings. The van der Waals surface area contributed by atoms with Gasteiger partial charge in [0.15, 0.2) is 0 Å². The number of rotatable bonds is 8. The van der Waals surface area contributed by atoms with E-state index in [4.69, 9.17) is 4.74 Å². The minimum absolute atomic E-state index is 0.0596. The molecule has 2 unspecified atom stereocenters. The van der Waals surface area contributed by atoms with Crippen molar-refractivity contribution < 1.29 is 9.53 Å². The van der Waals surface area contributed by atoms with Crippen LogP contribution < -0.4 is 5.32 Å². The van der Waals surface area contributed by atoms with Crippen LogP contribution in [0.1, 0.15) is 45.1 Å². The Kier molecular flexibility index (Phi) is 7.73. The van der Waals surface area contributed by atoms with Gasteiger partial charge in [0.1, 0.15) is 0 Å². The predicted molar refractivity (Wildman–Crippen MR) is 98.1 cm³/mol. The molecule has 0 spiro atoms. The predicted octanol–water partition coefficient (Wildman–Crippen LogP) is 3.04. The molecule has 134 valence electrons. The Labute approximate surface area is 146 Å². The van der Waals surface area contributed by atoms with Crippen molar-refractivity contribution in [1.82, 2.24) is 10.2 Å². The van der Waals surface area contributed by atoms with E-state index in [2.05, 4.69) is 31.0 Å². The van der Waals surface area contributed by atoms with Crippen LogP contribution in [0, 0.1) is 5.92 Å². The first kappa shape index (κ1) is 18.9. The summed E-state index contributed by atoms with van der Waals surface area (Å²) in [5, 5.41) is 3.21. The van der Waals surface area contributed by atoms with E-state index in [1.165, 1.54) is 0 Å². The molecule has 1 heterocycles. The van der Waals surface area contributed by atoms with E-state index in [0.29, 0.717) is 12.0 Å². The summed E-state index contributed by atoms with van der Waals surface area (Å²) in [5.41, 5.74) is 1.10. The van der Waals surface area contributed by atoms with Crippen molar-refractivity contribution in [2.45, 2.75) is 45.6 Å². The second-order valence-electron chi connectivity index (χ2n) is 7.05. The van der Waals surface area contributed by atoms with Crippen molar-refractivity contribution in [2.75, 3.05) is 32.8 Å². The zero-order chi connectivity index (χ0) is 17.4. The van der Waals surface area contributed by atoms with E-state index in [-0.39, 0.29) is 11.8 Å². The van der Waals surface area contributed by atoms with Crippen LogP contribution in [0.2, 0.25) is 0 Å². The number of nitrogens with zero attached hydrogens (tertiary/aromatic N) is 1. The summed E-state index contributed by atoms with van der Waals surface area (Å²) < 4.78 is 5.46. The molecule has 1 aliphatic rings. The monoisotopic (exact) mass is 332 g/mol. The molecular weight excluding hydrogens is 300 g/mol. The third kappa shape index (κ3) is 5.60. The van der Waals surface area contributed by atoms with Gasteiger partial charge in [-0.05, 0) is 24.3 Å². The van der Waals surface area contributed by atoms with Crippen molar-refractivity contribution in [1.29, 1.82) is 0 Å². The van der Waals surface area contributed by atoms with E-state index < -0.39 is 0 Å². The van der Waals surface area contributed by atoms with Gasteiger partial charge in [0.25, 0.3) is 0 Å². The Morgan fingerprint density at radius 1 is 1.21 bits per heavy atom. The van der Waals surface area contributed by atoms with Crippen molar-refractivity contribution >= 4 is 5.91 Å². The third-order valence-electron chi connectivity index (χ3n) is 4.74. The Morgan fingerprint density at radius 3 is 2.46 bits per heavy atom. The quantitative estimate of drug-likeness (QED) is 0.795. The highest BCUT2D eigenvalue weighted by Gasteiger charge is 2.24. The summed E-state index contributed by atoms with van der Waals surface area (Å²) >= 11 is 0. The fourth-order valence-electron chi connectivity index (χ4n) is 3.45. The van der Waals surface area contributed by atoms with Gasteiger partial charge in [-0.1, -0.05) is 51.1 Å². The lowest BCUT2D eigenvalue weighted by molar-refractivity contribution is -0.123. The second kappa shape index (κ2) is 9.80. The molecule has 1 amide bonds. The minimum Gasteiger partial charge on any atom is -0.379 e. The smallest absolute Gasteiger partial charge is 0.227 e.